The molecule has 5 nitrogen and oxygen atoms in total. The van der Waals surface area contributed by atoms with E-state index < -0.39 is 10.0 Å². The van der Waals surface area contributed by atoms with Crippen LogP contribution in [0.15, 0.2) is 53.7 Å². The molecule has 0 bridgehead atoms. The highest BCUT2D eigenvalue weighted by Gasteiger charge is 2.22. The highest BCUT2D eigenvalue weighted by Crippen LogP contribution is 2.27. The van der Waals surface area contributed by atoms with Gasteiger partial charge in [0.05, 0.1) is 5.69 Å². The van der Waals surface area contributed by atoms with E-state index in [1.807, 2.05) is 29.7 Å². The number of benzene rings is 1. The van der Waals surface area contributed by atoms with Crippen LogP contribution in [0, 0.1) is 6.92 Å². The second-order valence-electron chi connectivity index (χ2n) is 5.48. The molecule has 120 valence electrons. The third-order valence-corrected chi connectivity index (χ3v) is 5.13. The SMILES string of the molecule is CCCn1cc(S(=O)(=O)Nc2ccccc2C)c2cccnc21. The molecule has 0 atom stereocenters. The molecule has 0 aliphatic heterocycles. The van der Waals surface area contributed by atoms with E-state index in [1.165, 1.54) is 0 Å². The Balaban J connectivity index is 2.10. The molecule has 2 aromatic heterocycles. The smallest absolute Gasteiger partial charge is 0.264 e. The molecule has 0 fully saturated rings. The van der Waals surface area contributed by atoms with Crippen molar-refractivity contribution in [3.63, 3.8) is 0 Å². The number of nitrogens with zero attached hydrogens (tertiary/aromatic N) is 2. The maximum atomic E-state index is 12.8. The first kappa shape index (κ1) is 15.6. The first-order chi connectivity index (χ1) is 11.0. The quantitative estimate of drug-likeness (QED) is 0.778. The lowest BCUT2D eigenvalue weighted by Crippen LogP contribution is -2.13. The number of fused-ring (bicyclic) bond motifs is 1. The number of hydrogen-bond acceptors (Lipinski definition) is 3. The fourth-order valence-corrected chi connectivity index (χ4v) is 3.95. The zero-order valence-corrected chi connectivity index (χ0v) is 14.0. The number of pyridine rings is 1. The predicted molar refractivity (Wildman–Crippen MR) is 92.0 cm³/mol. The number of nitrogens with one attached hydrogen (secondary N) is 1. The summed E-state index contributed by atoms with van der Waals surface area (Å²) in [6.07, 6.45) is 4.26. The van der Waals surface area contributed by atoms with Gasteiger partial charge in [-0.05, 0) is 37.1 Å². The lowest BCUT2D eigenvalue weighted by molar-refractivity contribution is 0.601. The van der Waals surface area contributed by atoms with Crippen LogP contribution in [0.5, 0.6) is 0 Å². The Hall–Kier alpha value is -2.34. The molecule has 0 spiro atoms. The van der Waals surface area contributed by atoms with Gasteiger partial charge in [-0.25, -0.2) is 13.4 Å². The molecular weight excluding hydrogens is 310 g/mol. The number of aromatic nitrogens is 2. The van der Waals surface area contributed by atoms with Gasteiger partial charge in [0.15, 0.2) is 0 Å². The molecule has 0 saturated heterocycles. The van der Waals surface area contributed by atoms with E-state index in [0.717, 1.165) is 18.5 Å². The topological polar surface area (TPSA) is 64.0 Å². The molecule has 0 saturated carbocycles. The van der Waals surface area contributed by atoms with Crippen LogP contribution in [0.25, 0.3) is 11.0 Å². The minimum absolute atomic E-state index is 0.261. The van der Waals surface area contributed by atoms with E-state index >= 15 is 0 Å². The molecule has 1 aromatic carbocycles. The largest absolute Gasteiger partial charge is 0.331 e. The monoisotopic (exact) mass is 329 g/mol. The molecule has 2 heterocycles. The Morgan fingerprint density at radius 3 is 2.70 bits per heavy atom. The van der Waals surface area contributed by atoms with E-state index in [1.54, 1.807) is 30.6 Å². The first-order valence-electron chi connectivity index (χ1n) is 7.55. The van der Waals surface area contributed by atoms with E-state index in [4.69, 9.17) is 0 Å². The van der Waals surface area contributed by atoms with Crippen LogP contribution in [0.1, 0.15) is 18.9 Å². The van der Waals surface area contributed by atoms with Crippen molar-refractivity contribution < 1.29 is 8.42 Å². The van der Waals surface area contributed by atoms with Crippen LogP contribution in [-0.2, 0) is 16.6 Å². The van der Waals surface area contributed by atoms with Gasteiger partial charge < -0.3 is 4.57 Å². The Morgan fingerprint density at radius 1 is 1.17 bits per heavy atom. The minimum Gasteiger partial charge on any atom is -0.331 e. The normalized spacial score (nSPS) is 11.7. The maximum absolute atomic E-state index is 12.8. The predicted octanol–water partition coefficient (Wildman–Crippen LogP) is 3.56. The molecule has 0 radical (unpaired) electrons. The second-order valence-corrected chi connectivity index (χ2v) is 7.13. The molecular formula is C17H19N3O2S. The van der Waals surface area contributed by atoms with Crippen molar-refractivity contribution in [2.75, 3.05) is 4.72 Å². The minimum atomic E-state index is -3.67. The van der Waals surface area contributed by atoms with Crippen LogP contribution in [0.3, 0.4) is 0 Å². The third kappa shape index (κ3) is 2.94. The van der Waals surface area contributed by atoms with Crippen molar-refractivity contribution in [2.45, 2.75) is 31.7 Å². The van der Waals surface area contributed by atoms with E-state index in [-0.39, 0.29) is 4.90 Å². The fourth-order valence-electron chi connectivity index (χ4n) is 2.60. The molecule has 23 heavy (non-hydrogen) atoms. The summed E-state index contributed by atoms with van der Waals surface area (Å²) in [5.74, 6) is 0. The highest BCUT2D eigenvalue weighted by molar-refractivity contribution is 7.93. The summed E-state index contributed by atoms with van der Waals surface area (Å²) in [6.45, 7) is 4.65. The number of rotatable bonds is 5. The van der Waals surface area contributed by atoms with Crippen molar-refractivity contribution in [3.8, 4) is 0 Å². The van der Waals surface area contributed by atoms with Crippen molar-refractivity contribution in [1.29, 1.82) is 0 Å². The van der Waals surface area contributed by atoms with Crippen LogP contribution in [0.4, 0.5) is 5.69 Å². The van der Waals surface area contributed by atoms with Gasteiger partial charge in [0.25, 0.3) is 10.0 Å². The van der Waals surface area contributed by atoms with Gasteiger partial charge in [-0.3, -0.25) is 4.72 Å². The standard InChI is InChI=1S/C17H19N3O2S/c1-3-11-20-12-16(14-8-6-10-18-17(14)20)23(21,22)19-15-9-5-4-7-13(15)2/h4-10,12,19H,3,11H2,1-2H3. The van der Waals surface area contributed by atoms with E-state index in [9.17, 15) is 8.42 Å². The Kier molecular flexibility index (Phi) is 4.09. The second kappa shape index (κ2) is 6.04. The lowest BCUT2D eigenvalue weighted by atomic mass is 10.2. The van der Waals surface area contributed by atoms with E-state index in [0.29, 0.717) is 16.7 Å². The number of aryl methyl sites for hydroxylation is 2. The molecule has 3 aromatic rings. The van der Waals surface area contributed by atoms with Crippen LogP contribution in [0.2, 0.25) is 0 Å². The number of anilines is 1. The van der Waals surface area contributed by atoms with Crippen LogP contribution in [-0.4, -0.2) is 18.0 Å². The average Bonchev–Trinajstić information content (AvgIpc) is 2.90. The molecule has 1 N–H and O–H groups in total. The summed E-state index contributed by atoms with van der Waals surface area (Å²) in [5.41, 5.74) is 2.17. The molecule has 0 unspecified atom stereocenters. The Labute approximate surface area is 136 Å². The summed E-state index contributed by atoms with van der Waals surface area (Å²) in [7, 11) is -3.67. The van der Waals surface area contributed by atoms with Gasteiger partial charge in [-0.1, -0.05) is 25.1 Å². The van der Waals surface area contributed by atoms with Crippen molar-refractivity contribution in [2.24, 2.45) is 0 Å². The Bertz CT molecular complexity index is 945. The Morgan fingerprint density at radius 2 is 1.96 bits per heavy atom. The number of para-hydroxylation sites is 1. The molecule has 6 heteroatoms. The summed E-state index contributed by atoms with van der Waals surface area (Å²) in [4.78, 5) is 4.59. The van der Waals surface area contributed by atoms with Gasteiger partial charge in [0.1, 0.15) is 10.5 Å². The lowest BCUT2D eigenvalue weighted by Gasteiger charge is -2.09. The first-order valence-corrected chi connectivity index (χ1v) is 9.03. The van der Waals surface area contributed by atoms with Crippen LogP contribution < -0.4 is 4.72 Å². The number of sulfonamides is 1. The zero-order chi connectivity index (χ0) is 16.4. The van der Waals surface area contributed by atoms with Crippen molar-refractivity contribution in [3.05, 3.63) is 54.4 Å². The van der Waals surface area contributed by atoms with Gasteiger partial charge in [-0.15, -0.1) is 0 Å². The molecule has 0 aliphatic rings. The van der Waals surface area contributed by atoms with Gasteiger partial charge in [-0.2, -0.15) is 0 Å². The zero-order valence-electron chi connectivity index (χ0n) is 13.2. The summed E-state index contributed by atoms with van der Waals surface area (Å²) >= 11 is 0. The maximum Gasteiger partial charge on any atom is 0.264 e. The van der Waals surface area contributed by atoms with Gasteiger partial charge in [0.2, 0.25) is 0 Å². The number of hydrogen-bond donors (Lipinski definition) is 1. The molecule has 0 aliphatic carbocycles. The average molecular weight is 329 g/mol. The summed E-state index contributed by atoms with van der Waals surface area (Å²) in [5, 5.41) is 0.641. The fraction of sp³-hybridized carbons (Fsp3) is 0.235. The van der Waals surface area contributed by atoms with Gasteiger partial charge in [0, 0.05) is 24.3 Å². The molecule has 3 rings (SSSR count). The van der Waals surface area contributed by atoms with Crippen LogP contribution >= 0.6 is 0 Å². The van der Waals surface area contributed by atoms with Crippen molar-refractivity contribution >= 4 is 26.7 Å². The summed E-state index contributed by atoms with van der Waals surface area (Å²) < 4.78 is 30.2. The van der Waals surface area contributed by atoms with Crippen molar-refractivity contribution in [1.82, 2.24) is 9.55 Å². The molecule has 0 amide bonds. The van der Waals surface area contributed by atoms with E-state index in [2.05, 4.69) is 16.6 Å². The van der Waals surface area contributed by atoms with Gasteiger partial charge >= 0.3 is 0 Å². The summed E-state index contributed by atoms with van der Waals surface area (Å²) in [6, 6.07) is 10.9. The third-order valence-electron chi connectivity index (χ3n) is 3.74. The highest BCUT2D eigenvalue weighted by atomic mass is 32.2.